The average Bonchev–Trinajstić information content (AvgIpc) is 2.99. The lowest BCUT2D eigenvalue weighted by molar-refractivity contribution is -0.384. The molecule has 2 atom stereocenters. The molecule has 9 N–H and O–H groups in total. The zero-order chi connectivity index (χ0) is 34.6. The van der Waals surface area contributed by atoms with E-state index in [0.29, 0.717) is 6.42 Å². The molecule has 4 amide bonds. The summed E-state index contributed by atoms with van der Waals surface area (Å²) in [6.07, 6.45) is -0.299. The Morgan fingerprint density at radius 2 is 1.59 bits per heavy atom. The second-order valence-electron chi connectivity index (χ2n) is 10.0. The van der Waals surface area contributed by atoms with Crippen LogP contribution in [0.1, 0.15) is 39.2 Å². The number of carboxylic acids is 1. The van der Waals surface area contributed by atoms with Crippen molar-refractivity contribution in [2.75, 3.05) is 18.4 Å². The van der Waals surface area contributed by atoms with Crippen molar-refractivity contribution in [1.29, 1.82) is 0 Å². The predicted octanol–water partition coefficient (Wildman–Crippen LogP) is 1.23. The number of nitro benzene ring substituents is 1. The van der Waals surface area contributed by atoms with Gasteiger partial charge >= 0.3 is 6.09 Å². The van der Waals surface area contributed by atoms with Crippen LogP contribution in [0.15, 0.2) is 59.6 Å². The number of nitrogens with one attached hydrogen (secondary N) is 4. The van der Waals surface area contributed by atoms with Crippen LogP contribution in [0.3, 0.4) is 0 Å². The highest BCUT2D eigenvalue weighted by molar-refractivity contribution is 5.98. The first kappa shape index (κ1) is 38.3. The van der Waals surface area contributed by atoms with Crippen LogP contribution in [-0.4, -0.2) is 70.9 Å². The first-order valence-electron chi connectivity index (χ1n) is 14.0. The van der Waals surface area contributed by atoms with Gasteiger partial charge in [-0.2, -0.15) is 0 Å². The third-order valence-corrected chi connectivity index (χ3v) is 5.80. The van der Waals surface area contributed by atoms with E-state index in [4.69, 9.17) is 26.1 Å². The smallest absolute Gasteiger partial charge is 0.408 e. The molecule has 17 nitrogen and oxygen atoms in total. The summed E-state index contributed by atoms with van der Waals surface area (Å²) in [5.74, 6) is -3.14. The number of nitrogens with zero attached hydrogens (tertiary/aromatic N) is 2. The maximum Gasteiger partial charge on any atom is 0.408 e. The monoisotopic (exact) mass is 644 g/mol. The lowest BCUT2D eigenvalue weighted by Gasteiger charge is -2.22. The Morgan fingerprint density at radius 1 is 0.978 bits per heavy atom. The van der Waals surface area contributed by atoms with Crippen LogP contribution in [0.4, 0.5) is 16.2 Å². The van der Waals surface area contributed by atoms with Crippen molar-refractivity contribution in [2.45, 2.75) is 52.3 Å². The van der Waals surface area contributed by atoms with E-state index in [1.807, 2.05) is 6.07 Å². The van der Waals surface area contributed by atoms with Gasteiger partial charge in [0, 0.05) is 31.3 Å². The van der Waals surface area contributed by atoms with Crippen LogP contribution < -0.4 is 32.7 Å². The van der Waals surface area contributed by atoms with Crippen molar-refractivity contribution in [2.24, 2.45) is 22.4 Å². The normalized spacial score (nSPS) is 11.4. The van der Waals surface area contributed by atoms with Gasteiger partial charge in [0.1, 0.15) is 18.7 Å². The number of anilines is 1. The van der Waals surface area contributed by atoms with E-state index in [1.54, 1.807) is 38.1 Å². The van der Waals surface area contributed by atoms with Crippen molar-refractivity contribution in [3.63, 3.8) is 0 Å². The molecule has 0 aromatic heterocycles. The van der Waals surface area contributed by atoms with E-state index < -0.39 is 53.3 Å². The number of benzene rings is 2. The molecule has 0 spiro atoms. The summed E-state index contributed by atoms with van der Waals surface area (Å²) in [6, 6.07) is 12.2. The van der Waals surface area contributed by atoms with Gasteiger partial charge in [0.2, 0.25) is 17.7 Å². The summed E-state index contributed by atoms with van der Waals surface area (Å²) >= 11 is 0. The van der Waals surface area contributed by atoms with Gasteiger partial charge in [-0.25, -0.2) is 4.79 Å². The summed E-state index contributed by atoms with van der Waals surface area (Å²) < 4.78 is 5.18. The third kappa shape index (κ3) is 16.2. The first-order valence-corrected chi connectivity index (χ1v) is 14.0. The number of carboxylic acid groups (broad SMARTS) is 1. The fourth-order valence-electron chi connectivity index (χ4n) is 3.62. The number of amides is 4. The standard InChI is InChI=1S/C27H36N8O7.C2H4O2/c1-17(2)23(34-27(39)42-16-18-7-4-3-5-8-18)25(38)31-15-22(36)33-21(9-6-14-30-26(28)29)24(37)32-19-10-12-20(13-11-19)35(40)41;1-2(3)4/h3-5,7-8,10-13,17,21,23H,6,9,14-16H2,1-2H3,(H,31,38)(H,32,37)(H,33,36)(H,34,39)(H4,28,29,30);1H3,(H,3,4). The zero-order valence-electron chi connectivity index (χ0n) is 25.7. The molecule has 17 heteroatoms. The van der Waals surface area contributed by atoms with E-state index in [0.717, 1.165) is 12.5 Å². The number of hydrogen-bond acceptors (Lipinski definition) is 9. The third-order valence-electron chi connectivity index (χ3n) is 5.80. The Kier molecular flexibility index (Phi) is 16.9. The molecule has 2 rings (SSSR count). The van der Waals surface area contributed by atoms with E-state index in [-0.39, 0.29) is 42.8 Å². The highest BCUT2D eigenvalue weighted by Crippen LogP contribution is 2.16. The molecule has 0 bridgehead atoms. The molecule has 2 unspecified atom stereocenters. The van der Waals surface area contributed by atoms with E-state index in [2.05, 4.69) is 26.3 Å². The van der Waals surface area contributed by atoms with Crippen LogP contribution in [0.2, 0.25) is 0 Å². The molecule has 0 aliphatic carbocycles. The minimum Gasteiger partial charge on any atom is -0.481 e. The number of nitrogens with two attached hydrogens (primary N) is 2. The summed E-state index contributed by atoms with van der Waals surface area (Å²) in [6.45, 7) is 4.28. The summed E-state index contributed by atoms with van der Waals surface area (Å²) in [7, 11) is 0. The van der Waals surface area contributed by atoms with E-state index >= 15 is 0 Å². The Morgan fingerprint density at radius 3 is 2.13 bits per heavy atom. The van der Waals surface area contributed by atoms with Crippen LogP contribution in [-0.2, 0) is 30.5 Å². The molecule has 250 valence electrons. The van der Waals surface area contributed by atoms with Gasteiger partial charge in [-0.1, -0.05) is 44.2 Å². The molecule has 0 aliphatic heterocycles. The second-order valence-corrected chi connectivity index (χ2v) is 10.0. The summed E-state index contributed by atoms with van der Waals surface area (Å²) in [4.78, 5) is 73.8. The topological polar surface area (TPSA) is 270 Å². The first-order chi connectivity index (χ1) is 21.7. The van der Waals surface area contributed by atoms with Gasteiger partial charge in [0.25, 0.3) is 11.7 Å². The number of alkyl carbamates (subject to hydrolysis) is 1. The lowest BCUT2D eigenvalue weighted by atomic mass is 10.0. The van der Waals surface area contributed by atoms with Gasteiger partial charge in [-0.3, -0.25) is 34.3 Å². The maximum absolute atomic E-state index is 12.9. The van der Waals surface area contributed by atoms with Crippen molar-refractivity contribution >= 4 is 47.1 Å². The molecule has 2 aromatic carbocycles. The number of aliphatic carboxylic acids is 1. The summed E-state index contributed by atoms with van der Waals surface area (Å²) in [5, 5.41) is 28.4. The molecule has 0 heterocycles. The average molecular weight is 645 g/mol. The quantitative estimate of drug-likeness (QED) is 0.0476. The Hall–Kier alpha value is -5.74. The number of aliphatic imine (C=N–C) groups is 1. The Bertz CT molecular complexity index is 1340. The number of nitro groups is 1. The molecule has 0 saturated carbocycles. The summed E-state index contributed by atoms with van der Waals surface area (Å²) in [5.41, 5.74) is 11.6. The molecule has 0 radical (unpaired) electrons. The molecule has 0 saturated heterocycles. The highest BCUT2D eigenvalue weighted by atomic mass is 16.6. The number of guanidine groups is 1. The van der Waals surface area contributed by atoms with Gasteiger partial charge in [-0.05, 0) is 36.5 Å². The number of carbonyl (C=O) groups is 5. The van der Waals surface area contributed by atoms with Crippen LogP contribution in [0, 0.1) is 16.0 Å². The number of non-ortho nitro benzene ring substituents is 1. The maximum atomic E-state index is 12.9. The van der Waals surface area contributed by atoms with Crippen LogP contribution in [0.25, 0.3) is 0 Å². The molecular formula is C29H40N8O9. The minimum atomic E-state index is -1.04. The highest BCUT2D eigenvalue weighted by Gasteiger charge is 2.26. The molecule has 46 heavy (non-hydrogen) atoms. The number of carbonyl (C=O) groups excluding carboxylic acids is 4. The SMILES string of the molecule is CC(=O)O.CC(C)C(NC(=O)OCc1ccccc1)C(=O)NCC(=O)NC(CCCN=C(N)N)C(=O)Nc1ccc([N+](=O)[O-])cc1. The fraction of sp³-hybridized carbons (Fsp3) is 0.379. The zero-order valence-corrected chi connectivity index (χ0v) is 25.7. The van der Waals surface area contributed by atoms with Crippen molar-refractivity contribution in [1.82, 2.24) is 16.0 Å². The molecule has 0 fully saturated rings. The largest absolute Gasteiger partial charge is 0.481 e. The molecule has 2 aromatic rings. The predicted molar refractivity (Wildman–Crippen MR) is 168 cm³/mol. The van der Waals surface area contributed by atoms with E-state index in [1.165, 1.54) is 24.3 Å². The van der Waals surface area contributed by atoms with Gasteiger partial charge in [0.05, 0.1) is 11.5 Å². The Balaban J connectivity index is 0.00000249. The van der Waals surface area contributed by atoms with E-state index in [9.17, 15) is 29.3 Å². The van der Waals surface area contributed by atoms with Crippen LogP contribution >= 0.6 is 0 Å². The lowest BCUT2D eigenvalue weighted by Crippen LogP contribution is -2.53. The minimum absolute atomic E-state index is 0.0218. The fourth-order valence-corrected chi connectivity index (χ4v) is 3.62. The van der Waals surface area contributed by atoms with Gasteiger partial charge in [0.15, 0.2) is 5.96 Å². The molecular weight excluding hydrogens is 604 g/mol. The van der Waals surface area contributed by atoms with Crippen molar-refractivity contribution < 1.29 is 38.7 Å². The second kappa shape index (κ2) is 20.3. The van der Waals surface area contributed by atoms with Crippen molar-refractivity contribution in [3.05, 3.63) is 70.3 Å². The van der Waals surface area contributed by atoms with Gasteiger partial charge in [-0.15, -0.1) is 0 Å². The van der Waals surface area contributed by atoms with Gasteiger partial charge < -0.3 is 42.6 Å². The van der Waals surface area contributed by atoms with Crippen LogP contribution in [0.5, 0.6) is 0 Å². The molecule has 0 aliphatic rings. The number of rotatable bonds is 15. The number of hydrogen-bond donors (Lipinski definition) is 7. The Labute approximate surface area is 265 Å². The number of ether oxygens (including phenoxy) is 1. The van der Waals surface area contributed by atoms with Crippen molar-refractivity contribution in [3.8, 4) is 0 Å².